The number of morpholine rings is 1. The fraction of sp³-hybridized carbons (Fsp3) is 1.00. The van der Waals surface area contributed by atoms with Gasteiger partial charge in [-0.3, -0.25) is 4.90 Å². The van der Waals surface area contributed by atoms with Gasteiger partial charge in [0.15, 0.2) is 0 Å². The third-order valence-electron chi connectivity index (χ3n) is 5.50. The first-order valence-corrected chi connectivity index (χ1v) is 8.50. The quantitative estimate of drug-likeness (QED) is 0.837. The summed E-state index contributed by atoms with van der Waals surface area (Å²) in [7, 11) is 2.25. The average molecular weight is 281 g/mol. The predicted octanol–water partition coefficient (Wildman–Crippen LogP) is 1.17. The van der Waals surface area contributed by atoms with E-state index in [0.717, 1.165) is 31.7 Å². The van der Waals surface area contributed by atoms with Crippen LogP contribution in [0.15, 0.2) is 0 Å². The highest BCUT2D eigenvalue weighted by atomic mass is 16.5. The van der Waals surface area contributed by atoms with Crippen molar-refractivity contribution in [1.82, 2.24) is 15.1 Å². The SMILES string of the molecule is CC(NCC1CN2CCCC2CO1)C1CCCN(C)C1. The van der Waals surface area contributed by atoms with Gasteiger partial charge in [-0.1, -0.05) is 0 Å². The molecule has 3 fully saturated rings. The van der Waals surface area contributed by atoms with Gasteiger partial charge in [0.25, 0.3) is 0 Å². The summed E-state index contributed by atoms with van der Waals surface area (Å²) in [5.74, 6) is 0.803. The molecule has 3 heterocycles. The summed E-state index contributed by atoms with van der Waals surface area (Å²) in [5, 5.41) is 3.74. The molecule has 0 aromatic carbocycles. The van der Waals surface area contributed by atoms with E-state index in [9.17, 15) is 0 Å². The first-order valence-electron chi connectivity index (χ1n) is 8.50. The van der Waals surface area contributed by atoms with Gasteiger partial charge in [-0.05, 0) is 58.7 Å². The molecule has 0 aliphatic carbocycles. The van der Waals surface area contributed by atoms with E-state index >= 15 is 0 Å². The highest BCUT2D eigenvalue weighted by Crippen LogP contribution is 2.23. The van der Waals surface area contributed by atoms with Crippen molar-refractivity contribution >= 4 is 0 Å². The minimum absolute atomic E-state index is 0.396. The van der Waals surface area contributed by atoms with Crippen molar-refractivity contribution in [3.05, 3.63) is 0 Å². The van der Waals surface area contributed by atoms with Crippen molar-refractivity contribution in [2.24, 2.45) is 5.92 Å². The molecular weight excluding hydrogens is 250 g/mol. The minimum atomic E-state index is 0.396. The van der Waals surface area contributed by atoms with Gasteiger partial charge in [-0.25, -0.2) is 0 Å². The normalized spacial score (nSPS) is 37.8. The molecule has 0 saturated carbocycles. The molecule has 4 unspecified atom stereocenters. The Balaban J connectivity index is 1.40. The standard InChI is InChI=1S/C16H31N3O/c1-13(14-5-3-7-18(2)10-14)17-9-16-11-19-8-4-6-15(19)12-20-16/h13-17H,3-12H2,1-2H3. The van der Waals surface area contributed by atoms with Gasteiger partial charge in [-0.15, -0.1) is 0 Å². The first-order chi connectivity index (χ1) is 9.72. The zero-order chi connectivity index (χ0) is 13.9. The van der Waals surface area contributed by atoms with Crippen LogP contribution in [0.4, 0.5) is 0 Å². The van der Waals surface area contributed by atoms with Crippen LogP contribution in [-0.4, -0.2) is 74.4 Å². The fourth-order valence-corrected chi connectivity index (χ4v) is 4.11. The van der Waals surface area contributed by atoms with E-state index in [0.29, 0.717) is 12.1 Å². The number of ether oxygens (including phenoxy) is 1. The van der Waals surface area contributed by atoms with Crippen LogP contribution in [0.1, 0.15) is 32.6 Å². The third-order valence-corrected chi connectivity index (χ3v) is 5.50. The van der Waals surface area contributed by atoms with E-state index < -0.39 is 0 Å². The van der Waals surface area contributed by atoms with E-state index in [1.54, 1.807) is 0 Å². The van der Waals surface area contributed by atoms with Crippen molar-refractivity contribution in [2.75, 3.05) is 46.4 Å². The zero-order valence-electron chi connectivity index (χ0n) is 13.2. The van der Waals surface area contributed by atoms with Gasteiger partial charge in [-0.2, -0.15) is 0 Å². The molecule has 3 rings (SSSR count). The molecule has 0 aromatic rings. The number of hydrogen-bond donors (Lipinski definition) is 1. The van der Waals surface area contributed by atoms with Crippen LogP contribution >= 0.6 is 0 Å². The number of likely N-dealkylation sites (tertiary alicyclic amines) is 1. The Hall–Kier alpha value is -0.160. The maximum absolute atomic E-state index is 6.04. The van der Waals surface area contributed by atoms with Crippen molar-refractivity contribution in [2.45, 2.75) is 50.8 Å². The van der Waals surface area contributed by atoms with E-state index in [-0.39, 0.29) is 0 Å². The van der Waals surface area contributed by atoms with Crippen molar-refractivity contribution < 1.29 is 4.74 Å². The van der Waals surface area contributed by atoms with Crippen LogP contribution in [-0.2, 0) is 4.74 Å². The van der Waals surface area contributed by atoms with Crippen LogP contribution in [0.25, 0.3) is 0 Å². The molecule has 4 heteroatoms. The van der Waals surface area contributed by atoms with Gasteiger partial charge < -0.3 is 15.0 Å². The maximum atomic E-state index is 6.04. The Kier molecular flexibility index (Phi) is 4.97. The molecule has 4 nitrogen and oxygen atoms in total. The lowest BCUT2D eigenvalue weighted by molar-refractivity contribution is -0.0485. The van der Waals surface area contributed by atoms with Crippen LogP contribution in [0.3, 0.4) is 0 Å². The highest BCUT2D eigenvalue weighted by molar-refractivity contribution is 4.87. The van der Waals surface area contributed by atoms with Crippen LogP contribution < -0.4 is 5.32 Å². The van der Waals surface area contributed by atoms with Gasteiger partial charge in [0.05, 0.1) is 12.7 Å². The molecule has 20 heavy (non-hydrogen) atoms. The van der Waals surface area contributed by atoms with E-state index in [1.165, 1.54) is 45.3 Å². The molecule has 4 atom stereocenters. The second kappa shape index (κ2) is 6.73. The van der Waals surface area contributed by atoms with Crippen LogP contribution in [0.2, 0.25) is 0 Å². The lowest BCUT2D eigenvalue weighted by Gasteiger charge is -2.37. The summed E-state index contributed by atoms with van der Waals surface area (Å²) >= 11 is 0. The lowest BCUT2D eigenvalue weighted by atomic mass is 9.92. The molecule has 0 bridgehead atoms. The summed E-state index contributed by atoms with van der Waals surface area (Å²) < 4.78 is 6.04. The number of nitrogens with one attached hydrogen (secondary N) is 1. The van der Waals surface area contributed by atoms with Crippen molar-refractivity contribution in [3.63, 3.8) is 0 Å². The second-order valence-corrected chi connectivity index (χ2v) is 7.11. The average Bonchev–Trinajstić information content (AvgIpc) is 2.92. The van der Waals surface area contributed by atoms with Gasteiger partial charge >= 0.3 is 0 Å². The molecule has 0 amide bonds. The van der Waals surface area contributed by atoms with Gasteiger partial charge in [0.1, 0.15) is 0 Å². The van der Waals surface area contributed by atoms with E-state index in [2.05, 4.69) is 29.1 Å². The Labute approximate surface area is 123 Å². The number of rotatable bonds is 4. The molecule has 1 N–H and O–H groups in total. The van der Waals surface area contributed by atoms with Crippen LogP contribution in [0, 0.1) is 5.92 Å². The molecule has 0 radical (unpaired) electrons. The molecule has 3 aliphatic heterocycles. The Bertz CT molecular complexity index is 310. The monoisotopic (exact) mass is 281 g/mol. The molecular formula is C16H31N3O. The molecule has 0 aromatic heterocycles. The second-order valence-electron chi connectivity index (χ2n) is 7.11. The van der Waals surface area contributed by atoms with E-state index in [1.807, 2.05) is 0 Å². The number of nitrogens with zero attached hydrogens (tertiary/aromatic N) is 2. The number of fused-ring (bicyclic) bond motifs is 1. The molecule has 0 spiro atoms. The van der Waals surface area contributed by atoms with E-state index in [4.69, 9.17) is 4.74 Å². The maximum Gasteiger partial charge on any atom is 0.0827 e. The first kappa shape index (κ1) is 14.8. The molecule has 116 valence electrons. The van der Waals surface area contributed by atoms with Crippen molar-refractivity contribution in [3.8, 4) is 0 Å². The van der Waals surface area contributed by atoms with Crippen molar-refractivity contribution in [1.29, 1.82) is 0 Å². The third kappa shape index (κ3) is 3.53. The fourth-order valence-electron chi connectivity index (χ4n) is 4.11. The Morgan fingerprint density at radius 2 is 2.05 bits per heavy atom. The predicted molar refractivity (Wildman–Crippen MR) is 82.0 cm³/mol. The summed E-state index contributed by atoms with van der Waals surface area (Å²) in [6.45, 7) is 9.25. The number of hydrogen-bond acceptors (Lipinski definition) is 4. The molecule has 3 aliphatic rings. The zero-order valence-corrected chi connectivity index (χ0v) is 13.2. The molecule has 3 saturated heterocycles. The topological polar surface area (TPSA) is 27.7 Å². The summed E-state index contributed by atoms with van der Waals surface area (Å²) in [5.41, 5.74) is 0. The minimum Gasteiger partial charge on any atom is -0.374 e. The summed E-state index contributed by atoms with van der Waals surface area (Å²) in [6, 6.07) is 1.33. The van der Waals surface area contributed by atoms with Gasteiger partial charge in [0.2, 0.25) is 0 Å². The summed E-state index contributed by atoms with van der Waals surface area (Å²) in [4.78, 5) is 5.10. The van der Waals surface area contributed by atoms with Crippen LogP contribution in [0.5, 0.6) is 0 Å². The highest BCUT2D eigenvalue weighted by Gasteiger charge is 2.32. The smallest absolute Gasteiger partial charge is 0.0827 e. The Morgan fingerprint density at radius 1 is 1.20 bits per heavy atom. The lowest BCUT2D eigenvalue weighted by Crippen LogP contribution is -2.51. The largest absolute Gasteiger partial charge is 0.374 e. The van der Waals surface area contributed by atoms with Gasteiger partial charge in [0, 0.05) is 31.7 Å². The Morgan fingerprint density at radius 3 is 2.90 bits per heavy atom. The number of piperidine rings is 1. The summed E-state index contributed by atoms with van der Waals surface area (Å²) in [6.07, 6.45) is 5.82.